The van der Waals surface area contributed by atoms with Crippen molar-refractivity contribution in [3.05, 3.63) is 48.3 Å². The van der Waals surface area contributed by atoms with Crippen LogP contribution >= 0.6 is 0 Å². The normalized spacial score (nSPS) is 15.2. The molecule has 0 radical (unpaired) electrons. The summed E-state index contributed by atoms with van der Waals surface area (Å²) in [7, 11) is 1.67. The van der Waals surface area contributed by atoms with Gasteiger partial charge in [0.25, 0.3) is 0 Å². The first-order valence-electron chi connectivity index (χ1n) is 11.3. The molecular formula is C24H34FN3O5. The Hall–Kier alpha value is -2.30. The van der Waals surface area contributed by atoms with Gasteiger partial charge >= 0.3 is 0 Å². The first-order valence-corrected chi connectivity index (χ1v) is 11.3. The second-order valence-corrected chi connectivity index (χ2v) is 7.98. The molecule has 0 amide bonds. The maximum Gasteiger partial charge on any atom is 0.232 e. The quantitative estimate of drug-likeness (QED) is 0.338. The van der Waals surface area contributed by atoms with Gasteiger partial charge in [-0.05, 0) is 30.7 Å². The van der Waals surface area contributed by atoms with Crippen molar-refractivity contribution in [2.24, 2.45) is 0 Å². The van der Waals surface area contributed by atoms with Crippen LogP contribution in [0.5, 0.6) is 0 Å². The fraction of sp³-hybridized carbons (Fsp3) is 0.542. The minimum absolute atomic E-state index is 0.220. The molecule has 182 valence electrons. The lowest BCUT2D eigenvalue weighted by Gasteiger charge is -2.29. The topological polar surface area (TPSA) is 80.4 Å². The van der Waals surface area contributed by atoms with Gasteiger partial charge in [0.05, 0.1) is 38.1 Å². The number of halogens is 1. The van der Waals surface area contributed by atoms with E-state index in [1.807, 2.05) is 0 Å². The molecule has 33 heavy (non-hydrogen) atoms. The highest BCUT2D eigenvalue weighted by atomic mass is 19.1. The number of ether oxygens (including phenoxy) is 3. The lowest BCUT2D eigenvalue weighted by molar-refractivity contribution is 0.0230. The molecule has 0 saturated carbocycles. The van der Waals surface area contributed by atoms with E-state index in [2.05, 4.69) is 21.5 Å². The molecule has 1 aliphatic rings. The summed E-state index contributed by atoms with van der Waals surface area (Å²) in [5, 5.41) is 14.9. The number of hydrogen-bond acceptors (Lipinski definition) is 8. The van der Waals surface area contributed by atoms with Gasteiger partial charge in [-0.3, -0.25) is 4.90 Å². The summed E-state index contributed by atoms with van der Waals surface area (Å²) in [5.41, 5.74) is 2.35. The number of aliphatic hydroxyl groups is 1. The van der Waals surface area contributed by atoms with Crippen LogP contribution < -0.4 is 4.90 Å². The molecule has 1 atom stereocenters. The van der Waals surface area contributed by atoms with Crippen molar-refractivity contribution in [1.82, 2.24) is 10.1 Å². The molecule has 0 spiro atoms. The third-order valence-electron chi connectivity index (χ3n) is 5.40. The van der Waals surface area contributed by atoms with Crippen molar-refractivity contribution in [2.45, 2.75) is 19.1 Å². The van der Waals surface area contributed by atoms with Gasteiger partial charge in [-0.25, -0.2) is 4.39 Å². The number of nitrogens with zero attached hydrogens (tertiary/aromatic N) is 3. The van der Waals surface area contributed by atoms with Crippen LogP contribution in [0.3, 0.4) is 0 Å². The highest BCUT2D eigenvalue weighted by Gasteiger charge is 2.26. The first kappa shape index (κ1) is 25.3. The zero-order valence-corrected chi connectivity index (χ0v) is 19.2. The number of rotatable bonds is 14. The Morgan fingerprint density at radius 1 is 1.30 bits per heavy atom. The van der Waals surface area contributed by atoms with E-state index in [-0.39, 0.29) is 12.4 Å². The molecule has 2 aromatic rings. The van der Waals surface area contributed by atoms with E-state index in [1.165, 1.54) is 12.1 Å². The molecule has 1 aromatic carbocycles. The van der Waals surface area contributed by atoms with Crippen LogP contribution in [0.1, 0.15) is 12.0 Å². The van der Waals surface area contributed by atoms with E-state index < -0.39 is 6.10 Å². The summed E-state index contributed by atoms with van der Waals surface area (Å²) in [4.78, 5) is 4.26. The molecule has 2 heterocycles. The third kappa shape index (κ3) is 7.62. The van der Waals surface area contributed by atoms with E-state index in [0.29, 0.717) is 70.7 Å². The highest BCUT2D eigenvalue weighted by Crippen LogP contribution is 2.33. The monoisotopic (exact) mass is 463 g/mol. The second kappa shape index (κ2) is 13.4. The van der Waals surface area contributed by atoms with Crippen molar-refractivity contribution in [3.8, 4) is 11.3 Å². The fourth-order valence-corrected chi connectivity index (χ4v) is 3.82. The maximum atomic E-state index is 13.5. The largest absolute Gasteiger partial charge is 0.389 e. The van der Waals surface area contributed by atoms with Gasteiger partial charge in [0, 0.05) is 52.0 Å². The van der Waals surface area contributed by atoms with Gasteiger partial charge < -0.3 is 28.7 Å². The van der Waals surface area contributed by atoms with Crippen LogP contribution in [0.15, 0.2) is 41.4 Å². The smallest absolute Gasteiger partial charge is 0.232 e. The zero-order valence-electron chi connectivity index (χ0n) is 19.2. The van der Waals surface area contributed by atoms with Gasteiger partial charge in [0.2, 0.25) is 5.88 Å². The van der Waals surface area contributed by atoms with Gasteiger partial charge in [0.15, 0.2) is 0 Å². The summed E-state index contributed by atoms with van der Waals surface area (Å²) in [6.45, 7) is 9.12. The summed E-state index contributed by atoms with van der Waals surface area (Å²) >= 11 is 0. The maximum absolute atomic E-state index is 13.5. The Morgan fingerprint density at radius 3 is 2.76 bits per heavy atom. The van der Waals surface area contributed by atoms with Crippen molar-refractivity contribution in [1.29, 1.82) is 0 Å². The minimum atomic E-state index is -0.659. The Labute approximate surface area is 194 Å². The number of methoxy groups -OCH3 is 1. The van der Waals surface area contributed by atoms with Gasteiger partial charge in [-0.2, -0.15) is 0 Å². The molecule has 1 saturated heterocycles. The van der Waals surface area contributed by atoms with Crippen LogP contribution in [-0.2, 0) is 20.8 Å². The van der Waals surface area contributed by atoms with E-state index in [4.69, 9.17) is 18.7 Å². The molecule has 1 aliphatic heterocycles. The van der Waals surface area contributed by atoms with Gasteiger partial charge in [-0.1, -0.05) is 11.2 Å². The van der Waals surface area contributed by atoms with E-state index in [0.717, 1.165) is 17.5 Å². The highest BCUT2D eigenvalue weighted by molar-refractivity contribution is 5.68. The average Bonchev–Trinajstić information content (AvgIpc) is 3.24. The SMILES string of the molecule is C=CCOCC(O)CN(CCCOC)Cc1c(-c2ccc(F)cc2)noc1N1CCOCC1. The molecule has 3 rings (SSSR count). The predicted molar refractivity (Wildman–Crippen MR) is 124 cm³/mol. The Morgan fingerprint density at radius 2 is 2.06 bits per heavy atom. The average molecular weight is 464 g/mol. The molecule has 9 heteroatoms. The molecule has 1 aromatic heterocycles. The Bertz CT molecular complexity index is 839. The van der Waals surface area contributed by atoms with Crippen LogP contribution in [0, 0.1) is 5.82 Å². The van der Waals surface area contributed by atoms with E-state index in [1.54, 1.807) is 25.3 Å². The van der Waals surface area contributed by atoms with Crippen LogP contribution in [0.25, 0.3) is 11.3 Å². The Balaban J connectivity index is 1.85. The van der Waals surface area contributed by atoms with Crippen molar-refractivity contribution in [3.63, 3.8) is 0 Å². The van der Waals surface area contributed by atoms with Crippen LogP contribution in [0.4, 0.5) is 10.3 Å². The second-order valence-electron chi connectivity index (χ2n) is 7.98. The summed E-state index contributed by atoms with van der Waals surface area (Å²) in [5.74, 6) is 0.382. The molecular weight excluding hydrogens is 429 g/mol. The van der Waals surface area contributed by atoms with Crippen molar-refractivity contribution >= 4 is 5.88 Å². The van der Waals surface area contributed by atoms with Gasteiger partial charge in [0.1, 0.15) is 11.5 Å². The summed E-state index contributed by atoms with van der Waals surface area (Å²) in [6.07, 6.45) is 1.80. The molecule has 1 unspecified atom stereocenters. The molecule has 0 bridgehead atoms. The van der Waals surface area contributed by atoms with Crippen LogP contribution in [0.2, 0.25) is 0 Å². The molecule has 0 aliphatic carbocycles. The van der Waals surface area contributed by atoms with Crippen molar-refractivity contribution in [2.75, 3.05) is 71.2 Å². The number of aliphatic hydroxyl groups excluding tert-OH is 1. The van der Waals surface area contributed by atoms with E-state index in [9.17, 15) is 9.50 Å². The molecule has 1 N–H and O–H groups in total. The zero-order chi connectivity index (χ0) is 23.5. The van der Waals surface area contributed by atoms with Crippen LogP contribution in [-0.4, -0.2) is 87.6 Å². The van der Waals surface area contributed by atoms with E-state index >= 15 is 0 Å². The number of hydrogen-bond donors (Lipinski definition) is 1. The number of anilines is 1. The lowest BCUT2D eigenvalue weighted by Crippen LogP contribution is -2.38. The Kier molecular flexibility index (Phi) is 10.3. The van der Waals surface area contributed by atoms with Crippen molar-refractivity contribution < 1.29 is 28.2 Å². The molecule has 1 fully saturated rings. The minimum Gasteiger partial charge on any atom is -0.389 e. The first-order chi connectivity index (χ1) is 16.1. The standard InChI is InChI=1S/C24H34FN3O5/c1-3-12-32-18-21(29)16-27(9-4-13-30-2)17-22-23(19-5-7-20(25)8-6-19)26-33-24(22)28-10-14-31-15-11-28/h3,5-8,21,29H,1,4,9-18H2,2H3. The summed E-state index contributed by atoms with van der Waals surface area (Å²) in [6, 6.07) is 6.23. The number of aromatic nitrogens is 1. The number of benzene rings is 1. The number of morpholine rings is 1. The third-order valence-corrected chi connectivity index (χ3v) is 5.40. The predicted octanol–water partition coefficient (Wildman–Crippen LogP) is 2.72. The lowest BCUT2D eigenvalue weighted by atomic mass is 10.1. The fourth-order valence-electron chi connectivity index (χ4n) is 3.82. The van der Waals surface area contributed by atoms with Gasteiger partial charge in [-0.15, -0.1) is 6.58 Å². The molecule has 8 nitrogen and oxygen atoms in total. The summed E-state index contributed by atoms with van der Waals surface area (Å²) < 4.78 is 35.5.